The van der Waals surface area contributed by atoms with Gasteiger partial charge in [0.2, 0.25) is 5.91 Å². The van der Waals surface area contributed by atoms with Gasteiger partial charge in [-0.15, -0.1) is 0 Å². The fraction of sp³-hybridized carbons (Fsp3) is 0.500. The summed E-state index contributed by atoms with van der Waals surface area (Å²) < 4.78 is 5.41. The number of aromatic nitrogens is 2. The molecule has 1 saturated carbocycles. The first-order valence-electron chi connectivity index (χ1n) is 9.92. The molecule has 0 radical (unpaired) electrons. The van der Waals surface area contributed by atoms with Crippen LogP contribution < -0.4 is 10.6 Å². The predicted molar refractivity (Wildman–Crippen MR) is 111 cm³/mol. The number of nitrogens with zero attached hydrogens (tertiary/aromatic N) is 3. The molecule has 29 heavy (non-hydrogen) atoms. The first-order valence-corrected chi connectivity index (χ1v) is 10.8. The molecule has 0 spiro atoms. The zero-order valence-electron chi connectivity index (χ0n) is 16.4. The summed E-state index contributed by atoms with van der Waals surface area (Å²) in [4.78, 5) is 36.0. The maximum absolute atomic E-state index is 12.4. The number of imide groups is 1. The third-order valence-corrected chi connectivity index (χ3v) is 5.99. The number of carbonyl (C=O) groups excluding carboxylic acids is 2. The van der Waals surface area contributed by atoms with Crippen LogP contribution in [0.25, 0.3) is 10.9 Å². The minimum atomic E-state index is -0.463. The van der Waals surface area contributed by atoms with E-state index in [2.05, 4.69) is 15.5 Å². The molecule has 1 aromatic heterocycles. The van der Waals surface area contributed by atoms with Gasteiger partial charge in [0.1, 0.15) is 10.9 Å². The Morgan fingerprint density at radius 3 is 2.76 bits per heavy atom. The Balaban J connectivity index is 1.48. The lowest BCUT2D eigenvalue weighted by atomic mass is 10.2. The van der Waals surface area contributed by atoms with Gasteiger partial charge in [-0.3, -0.25) is 15.0 Å². The van der Waals surface area contributed by atoms with E-state index in [0.717, 1.165) is 60.9 Å². The van der Waals surface area contributed by atoms with Crippen LogP contribution in [0.5, 0.6) is 0 Å². The van der Waals surface area contributed by atoms with Crippen LogP contribution in [-0.2, 0) is 16.1 Å². The Hall–Kier alpha value is -2.23. The molecule has 2 fully saturated rings. The number of rotatable bonds is 6. The van der Waals surface area contributed by atoms with Crippen LogP contribution >= 0.6 is 11.8 Å². The summed E-state index contributed by atoms with van der Waals surface area (Å²) in [5, 5.41) is 6.39. The van der Waals surface area contributed by atoms with Crippen molar-refractivity contribution in [2.75, 3.05) is 26.3 Å². The molecule has 1 aromatic carbocycles. The van der Waals surface area contributed by atoms with Crippen molar-refractivity contribution in [2.45, 2.75) is 42.6 Å². The Morgan fingerprint density at radius 1 is 1.24 bits per heavy atom. The number of benzene rings is 1. The molecule has 2 N–H and O–H groups in total. The number of morpholine rings is 1. The standard InChI is InChI=1S/C20H25N5O3S/c1-13(18(26)24-20(27)21-14-6-7-14)29-19-15-4-2-3-5-16(15)22-17(23-19)12-25-8-10-28-11-9-25/h2-5,13-14H,6-12H2,1H3,(H2,21,24,26,27)/t13-/m0/s1. The molecule has 0 bridgehead atoms. The Morgan fingerprint density at radius 2 is 2.00 bits per heavy atom. The minimum Gasteiger partial charge on any atom is -0.379 e. The van der Waals surface area contributed by atoms with E-state index in [0.29, 0.717) is 6.54 Å². The number of hydrogen-bond acceptors (Lipinski definition) is 7. The van der Waals surface area contributed by atoms with Crippen molar-refractivity contribution in [3.8, 4) is 0 Å². The molecule has 0 unspecified atom stereocenters. The van der Waals surface area contributed by atoms with Gasteiger partial charge in [-0.05, 0) is 25.8 Å². The second-order valence-electron chi connectivity index (χ2n) is 7.35. The van der Waals surface area contributed by atoms with E-state index < -0.39 is 11.3 Å². The lowest BCUT2D eigenvalue weighted by Crippen LogP contribution is -2.43. The van der Waals surface area contributed by atoms with E-state index >= 15 is 0 Å². The van der Waals surface area contributed by atoms with Gasteiger partial charge in [0.05, 0.1) is 30.5 Å². The van der Waals surface area contributed by atoms with E-state index in [9.17, 15) is 9.59 Å². The molecule has 2 heterocycles. The molecule has 154 valence electrons. The summed E-state index contributed by atoms with van der Waals surface area (Å²) >= 11 is 1.35. The number of hydrogen-bond donors (Lipinski definition) is 2. The number of amides is 3. The molecule has 8 nitrogen and oxygen atoms in total. The number of urea groups is 1. The maximum Gasteiger partial charge on any atom is 0.321 e. The van der Waals surface area contributed by atoms with Crippen molar-refractivity contribution in [3.05, 3.63) is 30.1 Å². The third kappa shape index (κ3) is 5.43. The molecule has 1 aliphatic carbocycles. The number of para-hydroxylation sites is 1. The van der Waals surface area contributed by atoms with Crippen LogP contribution in [0.3, 0.4) is 0 Å². The lowest BCUT2D eigenvalue weighted by Gasteiger charge is -2.26. The predicted octanol–water partition coefficient (Wildman–Crippen LogP) is 1.93. The van der Waals surface area contributed by atoms with Gasteiger partial charge in [0.15, 0.2) is 0 Å². The zero-order valence-corrected chi connectivity index (χ0v) is 17.2. The Labute approximate surface area is 173 Å². The topological polar surface area (TPSA) is 96.4 Å². The largest absolute Gasteiger partial charge is 0.379 e. The van der Waals surface area contributed by atoms with Crippen LogP contribution in [0.4, 0.5) is 4.79 Å². The van der Waals surface area contributed by atoms with Crippen molar-refractivity contribution >= 4 is 34.6 Å². The van der Waals surface area contributed by atoms with Crippen molar-refractivity contribution in [3.63, 3.8) is 0 Å². The van der Waals surface area contributed by atoms with Gasteiger partial charge in [-0.2, -0.15) is 0 Å². The molecule has 1 atom stereocenters. The smallest absolute Gasteiger partial charge is 0.321 e. The van der Waals surface area contributed by atoms with Gasteiger partial charge in [0, 0.05) is 24.5 Å². The highest BCUT2D eigenvalue weighted by Gasteiger charge is 2.25. The van der Waals surface area contributed by atoms with Gasteiger partial charge < -0.3 is 10.1 Å². The van der Waals surface area contributed by atoms with Crippen LogP contribution in [0, 0.1) is 0 Å². The first-order chi connectivity index (χ1) is 14.1. The lowest BCUT2D eigenvalue weighted by molar-refractivity contribution is -0.119. The van der Waals surface area contributed by atoms with Crippen LogP contribution in [0.1, 0.15) is 25.6 Å². The Bertz CT molecular complexity index is 899. The zero-order chi connectivity index (χ0) is 20.2. The molecule has 1 saturated heterocycles. The van der Waals surface area contributed by atoms with Gasteiger partial charge in [-0.1, -0.05) is 30.0 Å². The molecule has 3 amide bonds. The van der Waals surface area contributed by atoms with E-state index in [4.69, 9.17) is 14.7 Å². The molecular weight excluding hydrogens is 390 g/mol. The van der Waals surface area contributed by atoms with E-state index in [1.165, 1.54) is 11.8 Å². The summed E-state index contributed by atoms with van der Waals surface area (Å²) in [5.74, 6) is 0.401. The molecule has 1 aliphatic heterocycles. The number of carbonyl (C=O) groups is 2. The number of fused-ring (bicyclic) bond motifs is 1. The van der Waals surface area contributed by atoms with Gasteiger partial charge in [0.25, 0.3) is 0 Å². The number of thioether (sulfide) groups is 1. The fourth-order valence-corrected chi connectivity index (χ4v) is 4.06. The highest BCUT2D eigenvalue weighted by molar-refractivity contribution is 8.00. The van der Waals surface area contributed by atoms with Crippen molar-refractivity contribution in [1.29, 1.82) is 0 Å². The average Bonchev–Trinajstić information content (AvgIpc) is 3.52. The normalized spacial score (nSPS) is 18.4. The molecule has 2 aromatic rings. The van der Waals surface area contributed by atoms with Crippen LogP contribution in [0.2, 0.25) is 0 Å². The summed E-state index contributed by atoms with van der Waals surface area (Å²) in [6.45, 7) is 5.57. The summed E-state index contributed by atoms with van der Waals surface area (Å²) in [7, 11) is 0. The first kappa shape index (κ1) is 20.1. The van der Waals surface area contributed by atoms with E-state index in [-0.39, 0.29) is 11.9 Å². The van der Waals surface area contributed by atoms with Crippen LogP contribution in [-0.4, -0.2) is 64.4 Å². The van der Waals surface area contributed by atoms with Crippen molar-refractivity contribution < 1.29 is 14.3 Å². The van der Waals surface area contributed by atoms with E-state index in [1.807, 2.05) is 24.3 Å². The molecular formula is C20H25N5O3S. The SMILES string of the molecule is C[C@H](Sc1nc(CN2CCOCC2)nc2ccccc12)C(=O)NC(=O)NC1CC1. The molecule has 4 rings (SSSR count). The second-order valence-corrected chi connectivity index (χ2v) is 8.68. The van der Waals surface area contributed by atoms with Crippen LogP contribution in [0.15, 0.2) is 29.3 Å². The highest BCUT2D eigenvalue weighted by Crippen LogP contribution is 2.29. The van der Waals surface area contributed by atoms with Crippen molar-refractivity contribution in [1.82, 2.24) is 25.5 Å². The van der Waals surface area contributed by atoms with Gasteiger partial charge >= 0.3 is 6.03 Å². The van der Waals surface area contributed by atoms with E-state index in [1.54, 1.807) is 6.92 Å². The van der Waals surface area contributed by atoms with Crippen molar-refractivity contribution in [2.24, 2.45) is 0 Å². The third-order valence-electron chi connectivity index (χ3n) is 4.89. The second kappa shape index (κ2) is 9.06. The molecule has 2 aliphatic rings. The maximum atomic E-state index is 12.4. The summed E-state index contributed by atoms with van der Waals surface area (Å²) in [6, 6.07) is 7.58. The molecule has 9 heteroatoms. The van der Waals surface area contributed by atoms with Gasteiger partial charge in [-0.25, -0.2) is 14.8 Å². The monoisotopic (exact) mass is 415 g/mol. The number of nitrogens with one attached hydrogen (secondary N) is 2. The summed E-state index contributed by atoms with van der Waals surface area (Å²) in [5.41, 5.74) is 0.854. The highest BCUT2D eigenvalue weighted by atomic mass is 32.2. The number of ether oxygens (including phenoxy) is 1. The minimum absolute atomic E-state index is 0.208. The Kier molecular flexibility index (Phi) is 6.27. The summed E-state index contributed by atoms with van der Waals surface area (Å²) in [6.07, 6.45) is 1.95. The average molecular weight is 416 g/mol. The fourth-order valence-electron chi connectivity index (χ4n) is 3.10. The quantitative estimate of drug-likeness (QED) is 0.550.